The second-order valence-electron chi connectivity index (χ2n) is 9.16. The minimum absolute atomic E-state index is 0.0453. The van der Waals surface area contributed by atoms with Gasteiger partial charge in [-0.05, 0) is 55.5 Å². The number of carbonyl (C=O) groups excluding carboxylic acids is 2. The molecule has 33 heavy (non-hydrogen) atoms. The molecule has 0 atom stereocenters. The Morgan fingerprint density at radius 3 is 2.52 bits per heavy atom. The van der Waals surface area contributed by atoms with E-state index in [0.29, 0.717) is 29.9 Å². The molecule has 3 N–H and O–H groups in total. The topological polar surface area (TPSA) is 96.3 Å². The van der Waals surface area contributed by atoms with Crippen molar-refractivity contribution in [3.8, 4) is 17.0 Å². The number of benzene rings is 2. The molecule has 0 radical (unpaired) electrons. The van der Waals surface area contributed by atoms with E-state index in [2.05, 4.69) is 15.7 Å². The summed E-state index contributed by atoms with van der Waals surface area (Å²) in [6.45, 7) is 6.40. The van der Waals surface area contributed by atoms with Gasteiger partial charge >= 0.3 is 6.03 Å². The summed E-state index contributed by atoms with van der Waals surface area (Å²) in [5.41, 5.74) is 4.57. The lowest BCUT2D eigenvalue weighted by Crippen LogP contribution is -2.30. The summed E-state index contributed by atoms with van der Waals surface area (Å²) in [4.78, 5) is 25.1. The molecule has 2 aromatic carbocycles. The van der Waals surface area contributed by atoms with Gasteiger partial charge in [-0.2, -0.15) is 9.78 Å². The van der Waals surface area contributed by atoms with Crippen LogP contribution in [0.5, 0.6) is 5.75 Å². The first-order valence-corrected chi connectivity index (χ1v) is 11.4. The molecular formula is C26H30N4O3. The molecule has 4 rings (SSSR count). The highest BCUT2D eigenvalue weighted by Crippen LogP contribution is 2.42. The molecule has 0 unspecified atom stereocenters. The van der Waals surface area contributed by atoms with E-state index in [-0.39, 0.29) is 29.5 Å². The van der Waals surface area contributed by atoms with Crippen molar-refractivity contribution in [1.82, 2.24) is 15.1 Å². The Hall–Kier alpha value is -3.61. The Balaban J connectivity index is 1.56. The van der Waals surface area contributed by atoms with Crippen LogP contribution in [-0.2, 0) is 11.3 Å². The van der Waals surface area contributed by atoms with Crippen molar-refractivity contribution in [2.45, 2.75) is 52.5 Å². The summed E-state index contributed by atoms with van der Waals surface area (Å²) in [6.07, 6.45) is 2.43. The molecule has 1 aromatic heterocycles. The van der Waals surface area contributed by atoms with Crippen molar-refractivity contribution in [2.24, 2.45) is 5.92 Å². The van der Waals surface area contributed by atoms with E-state index in [1.165, 1.54) is 16.3 Å². The van der Waals surface area contributed by atoms with Crippen molar-refractivity contribution in [3.05, 3.63) is 65.4 Å². The number of aromatic hydroxyl groups is 1. The molecule has 1 aliphatic rings. The Bertz CT molecular complexity index is 1160. The second-order valence-corrected chi connectivity index (χ2v) is 9.16. The molecule has 1 saturated carbocycles. The molecule has 172 valence electrons. The predicted octanol–water partition coefficient (Wildman–Crippen LogP) is 5.18. The van der Waals surface area contributed by atoms with Gasteiger partial charge in [-0.3, -0.25) is 4.79 Å². The normalized spacial score (nSPS) is 13.2. The Morgan fingerprint density at radius 2 is 1.85 bits per heavy atom. The van der Waals surface area contributed by atoms with Crippen LogP contribution in [0, 0.1) is 12.8 Å². The summed E-state index contributed by atoms with van der Waals surface area (Å²) in [6, 6.07) is 14.4. The number of aryl methyl sites for hydroxylation is 1. The van der Waals surface area contributed by atoms with Crippen molar-refractivity contribution in [3.63, 3.8) is 0 Å². The van der Waals surface area contributed by atoms with E-state index >= 15 is 0 Å². The number of amides is 2. The van der Waals surface area contributed by atoms with Crippen molar-refractivity contribution >= 4 is 17.6 Å². The fourth-order valence-corrected chi connectivity index (χ4v) is 3.72. The third kappa shape index (κ3) is 5.61. The van der Waals surface area contributed by atoms with Crippen LogP contribution in [0.25, 0.3) is 11.3 Å². The number of rotatable bonds is 7. The quantitative estimate of drug-likeness (QED) is 0.436. The van der Waals surface area contributed by atoms with Crippen LogP contribution < -0.4 is 10.6 Å². The monoisotopic (exact) mass is 446 g/mol. The molecule has 1 aliphatic carbocycles. The van der Waals surface area contributed by atoms with Gasteiger partial charge in [0, 0.05) is 30.1 Å². The lowest BCUT2D eigenvalue weighted by atomic mass is 10.1. The van der Waals surface area contributed by atoms with Crippen LogP contribution in [0.2, 0.25) is 0 Å². The van der Waals surface area contributed by atoms with Crippen LogP contribution in [0.1, 0.15) is 55.8 Å². The SMILES string of the molecule is Cc1ccc(CNC(=O)n2nc(-c3cc(NC(=O)CC(C)C)ccc3O)cc2C2CC2)cc1. The summed E-state index contributed by atoms with van der Waals surface area (Å²) < 4.78 is 1.41. The molecule has 0 aliphatic heterocycles. The predicted molar refractivity (Wildman–Crippen MR) is 128 cm³/mol. The van der Waals surface area contributed by atoms with Gasteiger partial charge in [0.25, 0.3) is 0 Å². The summed E-state index contributed by atoms with van der Waals surface area (Å²) in [5.74, 6) is 0.495. The number of hydrogen-bond acceptors (Lipinski definition) is 4. The molecule has 2 amide bonds. The minimum atomic E-state index is -0.301. The standard InChI is InChI=1S/C26H30N4O3/c1-16(2)12-25(32)28-20-10-11-24(31)21(13-20)22-14-23(19-8-9-19)30(29-22)26(33)27-15-18-6-4-17(3)5-7-18/h4-7,10-11,13-14,16,19,31H,8-9,12,15H2,1-3H3,(H,27,33)(H,28,32). The zero-order valence-corrected chi connectivity index (χ0v) is 19.3. The van der Waals surface area contributed by atoms with Crippen LogP contribution in [0.15, 0.2) is 48.5 Å². The first kappa shape index (κ1) is 22.6. The summed E-state index contributed by atoms with van der Waals surface area (Å²) in [7, 11) is 0. The van der Waals surface area contributed by atoms with Gasteiger partial charge < -0.3 is 15.7 Å². The molecule has 0 bridgehead atoms. The molecule has 7 heteroatoms. The number of hydrogen-bond donors (Lipinski definition) is 3. The molecule has 3 aromatic rings. The number of nitrogens with zero attached hydrogens (tertiary/aromatic N) is 2. The zero-order valence-electron chi connectivity index (χ0n) is 19.3. The highest BCUT2D eigenvalue weighted by atomic mass is 16.3. The minimum Gasteiger partial charge on any atom is -0.507 e. The van der Waals surface area contributed by atoms with Crippen molar-refractivity contribution < 1.29 is 14.7 Å². The third-order valence-electron chi connectivity index (χ3n) is 5.64. The number of phenols is 1. The van der Waals surface area contributed by atoms with Gasteiger partial charge in [-0.1, -0.05) is 43.7 Å². The fraction of sp³-hybridized carbons (Fsp3) is 0.346. The van der Waals surface area contributed by atoms with Crippen molar-refractivity contribution in [2.75, 3.05) is 5.32 Å². The lowest BCUT2D eigenvalue weighted by Gasteiger charge is -2.09. The first-order chi connectivity index (χ1) is 15.8. The van der Waals surface area contributed by atoms with Gasteiger partial charge in [-0.25, -0.2) is 4.79 Å². The average molecular weight is 447 g/mol. The van der Waals surface area contributed by atoms with E-state index in [4.69, 9.17) is 0 Å². The Morgan fingerprint density at radius 1 is 1.12 bits per heavy atom. The molecule has 1 fully saturated rings. The fourth-order valence-electron chi connectivity index (χ4n) is 3.72. The van der Waals surface area contributed by atoms with Crippen LogP contribution in [-0.4, -0.2) is 26.8 Å². The zero-order chi connectivity index (χ0) is 23.5. The van der Waals surface area contributed by atoms with E-state index < -0.39 is 0 Å². The maximum absolute atomic E-state index is 13.0. The maximum Gasteiger partial charge on any atom is 0.342 e. The third-order valence-corrected chi connectivity index (χ3v) is 5.64. The number of aromatic nitrogens is 2. The Kier molecular flexibility index (Phi) is 6.49. The van der Waals surface area contributed by atoms with Gasteiger partial charge in [0.1, 0.15) is 5.75 Å². The highest BCUT2D eigenvalue weighted by molar-refractivity contribution is 5.92. The smallest absolute Gasteiger partial charge is 0.342 e. The van der Waals surface area contributed by atoms with Gasteiger partial charge in [-0.15, -0.1) is 0 Å². The van der Waals surface area contributed by atoms with E-state index in [0.717, 1.165) is 24.1 Å². The average Bonchev–Trinajstić information content (AvgIpc) is 3.52. The van der Waals surface area contributed by atoms with Gasteiger partial charge in [0.2, 0.25) is 5.91 Å². The molecule has 0 spiro atoms. The lowest BCUT2D eigenvalue weighted by molar-refractivity contribution is -0.116. The second kappa shape index (κ2) is 9.48. The number of phenolic OH excluding ortho intramolecular Hbond substituents is 1. The molecule has 0 saturated heterocycles. The number of anilines is 1. The van der Waals surface area contributed by atoms with Gasteiger partial charge in [0.05, 0.1) is 11.4 Å². The first-order valence-electron chi connectivity index (χ1n) is 11.4. The van der Waals surface area contributed by atoms with E-state index in [1.807, 2.05) is 51.1 Å². The number of nitrogens with one attached hydrogen (secondary N) is 2. The number of carbonyl (C=O) groups is 2. The van der Waals surface area contributed by atoms with E-state index in [9.17, 15) is 14.7 Å². The van der Waals surface area contributed by atoms with Crippen LogP contribution >= 0.6 is 0 Å². The van der Waals surface area contributed by atoms with Gasteiger partial charge in [0.15, 0.2) is 0 Å². The molecule has 1 heterocycles. The Labute approximate surface area is 193 Å². The maximum atomic E-state index is 13.0. The van der Waals surface area contributed by atoms with Crippen molar-refractivity contribution in [1.29, 1.82) is 0 Å². The van der Waals surface area contributed by atoms with Crippen LogP contribution in [0.4, 0.5) is 10.5 Å². The summed E-state index contributed by atoms with van der Waals surface area (Å²) in [5, 5.41) is 20.8. The summed E-state index contributed by atoms with van der Waals surface area (Å²) >= 11 is 0. The van der Waals surface area contributed by atoms with E-state index in [1.54, 1.807) is 12.1 Å². The largest absolute Gasteiger partial charge is 0.507 e. The van der Waals surface area contributed by atoms with Crippen LogP contribution in [0.3, 0.4) is 0 Å². The highest BCUT2D eigenvalue weighted by Gasteiger charge is 2.30. The molecule has 7 nitrogen and oxygen atoms in total. The molecular weight excluding hydrogens is 416 g/mol.